The molecule has 0 spiro atoms. The summed E-state index contributed by atoms with van der Waals surface area (Å²) >= 11 is 0. The molecular weight excluding hydrogens is 486 g/mol. The number of benzene rings is 1. The van der Waals surface area contributed by atoms with Crippen molar-refractivity contribution in [1.82, 2.24) is 15.5 Å². The summed E-state index contributed by atoms with van der Waals surface area (Å²) in [5.74, 6) is -2.94. The Bertz CT molecular complexity index is 978. The molecular formula is C21H22F6N4O4. The number of halogens is 6. The summed E-state index contributed by atoms with van der Waals surface area (Å²) in [4.78, 5) is 20.2. The predicted octanol–water partition coefficient (Wildman–Crippen LogP) is 3.37. The average molecular weight is 508 g/mol. The highest BCUT2D eigenvalue weighted by Crippen LogP contribution is 2.29. The van der Waals surface area contributed by atoms with Crippen LogP contribution >= 0.6 is 0 Å². The number of hydrogen-bond acceptors (Lipinski definition) is 6. The third-order valence-corrected chi connectivity index (χ3v) is 5.16. The van der Waals surface area contributed by atoms with Gasteiger partial charge in [0.05, 0.1) is 5.69 Å². The first kappa shape index (κ1) is 27.8. The molecule has 14 heteroatoms. The van der Waals surface area contributed by atoms with Gasteiger partial charge in [0.25, 0.3) is 0 Å². The molecule has 2 atom stereocenters. The van der Waals surface area contributed by atoms with Crippen LogP contribution in [0.2, 0.25) is 0 Å². The quantitative estimate of drug-likeness (QED) is 0.529. The number of aromatic nitrogens is 2. The Hall–Kier alpha value is -3.42. The Balaban J connectivity index is 0.000000257. The molecule has 0 aliphatic carbocycles. The second-order valence-corrected chi connectivity index (χ2v) is 7.84. The molecule has 3 N–H and O–H groups in total. The van der Waals surface area contributed by atoms with Crippen LogP contribution in [0.25, 0.3) is 11.3 Å². The number of fused-ring (bicyclic) bond motifs is 1. The smallest absolute Gasteiger partial charge is 0.475 e. The summed E-state index contributed by atoms with van der Waals surface area (Å²) in [6, 6.07) is 12.6. The molecule has 4 rings (SSSR count). The van der Waals surface area contributed by atoms with Crippen LogP contribution in [0, 0.1) is 18.8 Å². The molecule has 2 aliphatic rings. The molecule has 3 heterocycles. The number of aliphatic carboxylic acids is 2. The van der Waals surface area contributed by atoms with E-state index in [1.54, 1.807) is 0 Å². The van der Waals surface area contributed by atoms with Gasteiger partial charge in [0.15, 0.2) is 5.82 Å². The van der Waals surface area contributed by atoms with E-state index in [0.717, 1.165) is 55.1 Å². The van der Waals surface area contributed by atoms with E-state index in [0.29, 0.717) is 0 Å². The zero-order chi connectivity index (χ0) is 26.4. The van der Waals surface area contributed by atoms with Gasteiger partial charge in [0.2, 0.25) is 0 Å². The Morgan fingerprint density at radius 2 is 1.43 bits per heavy atom. The monoisotopic (exact) mass is 508 g/mol. The lowest BCUT2D eigenvalue weighted by molar-refractivity contribution is -0.193. The van der Waals surface area contributed by atoms with Crippen LogP contribution in [0.5, 0.6) is 0 Å². The number of hydrogen-bond donors (Lipinski definition) is 3. The largest absolute Gasteiger partial charge is 0.490 e. The average Bonchev–Trinajstić information content (AvgIpc) is 3.36. The summed E-state index contributed by atoms with van der Waals surface area (Å²) in [6.45, 7) is 6.61. The highest BCUT2D eigenvalue weighted by molar-refractivity contribution is 5.73. The van der Waals surface area contributed by atoms with Gasteiger partial charge in [-0.05, 0) is 37.0 Å². The Morgan fingerprint density at radius 1 is 0.914 bits per heavy atom. The summed E-state index contributed by atoms with van der Waals surface area (Å²) < 4.78 is 63.5. The Morgan fingerprint density at radius 3 is 1.83 bits per heavy atom. The van der Waals surface area contributed by atoms with E-state index in [-0.39, 0.29) is 0 Å². The minimum atomic E-state index is -5.08. The van der Waals surface area contributed by atoms with Gasteiger partial charge in [-0.15, -0.1) is 10.2 Å². The van der Waals surface area contributed by atoms with E-state index in [1.165, 1.54) is 5.56 Å². The van der Waals surface area contributed by atoms with Crippen molar-refractivity contribution in [3.8, 4) is 11.3 Å². The van der Waals surface area contributed by atoms with Crippen molar-refractivity contribution in [2.45, 2.75) is 19.3 Å². The Kier molecular flexibility index (Phi) is 9.01. The summed E-state index contributed by atoms with van der Waals surface area (Å²) in [5.41, 5.74) is 3.33. The number of rotatable bonds is 2. The highest BCUT2D eigenvalue weighted by Gasteiger charge is 2.39. The van der Waals surface area contributed by atoms with Crippen LogP contribution in [-0.2, 0) is 9.59 Å². The minimum absolute atomic E-state index is 0.781. The summed E-state index contributed by atoms with van der Waals surface area (Å²) in [7, 11) is 0. The molecule has 0 amide bonds. The number of carbonyl (C=O) groups is 2. The number of carboxylic acids is 2. The van der Waals surface area contributed by atoms with Gasteiger partial charge in [0, 0.05) is 31.7 Å². The molecule has 1 aromatic heterocycles. The van der Waals surface area contributed by atoms with Gasteiger partial charge in [-0.1, -0.05) is 23.8 Å². The van der Waals surface area contributed by atoms with Crippen molar-refractivity contribution < 1.29 is 46.1 Å². The van der Waals surface area contributed by atoms with Gasteiger partial charge >= 0.3 is 24.3 Å². The minimum Gasteiger partial charge on any atom is -0.475 e. The summed E-state index contributed by atoms with van der Waals surface area (Å²) in [6.07, 6.45) is -10.2. The van der Waals surface area contributed by atoms with Crippen LogP contribution in [0.1, 0.15) is 5.56 Å². The lowest BCUT2D eigenvalue weighted by atomic mass is 10.0. The molecule has 192 valence electrons. The highest BCUT2D eigenvalue weighted by atomic mass is 19.4. The molecule has 0 bridgehead atoms. The number of alkyl halides is 6. The van der Waals surface area contributed by atoms with Crippen molar-refractivity contribution in [2.24, 2.45) is 11.8 Å². The van der Waals surface area contributed by atoms with E-state index in [4.69, 9.17) is 19.8 Å². The molecule has 0 radical (unpaired) electrons. The van der Waals surface area contributed by atoms with Crippen molar-refractivity contribution >= 4 is 17.8 Å². The zero-order valence-corrected chi connectivity index (χ0v) is 18.3. The topological polar surface area (TPSA) is 116 Å². The van der Waals surface area contributed by atoms with E-state index in [9.17, 15) is 26.3 Å². The fraction of sp³-hybridized carbons (Fsp3) is 0.429. The molecule has 2 aliphatic heterocycles. The van der Waals surface area contributed by atoms with Crippen molar-refractivity contribution in [2.75, 3.05) is 31.1 Å². The van der Waals surface area contributed by atoms with Crippen LogP contribution in [0.15, 0.2) is 36.4 Å². The molecule has 0 saturated carbocycles. The van der Waals surface area contributed by atoms with Crippen molar-refractivity contribution in [1.29, 1.82) is 0 Å². The fourth-order valence-electron chi connectivity index (χ4n) is 3.49. The lowest BCUT2D eigenvalue weighted by Gasteiger charge is -2.17. The molecule has 2 fully saturated rings. The van der Waals surface area contributed by atoms with E-state index >= 15 is 0 Å². The maximum absolute atomic E-state index is 10.6. The van der Waals surface area contributed by atoms with Gasteiger partial charge in [0.1, 0.15) is 0 Å². The van der Waals surface area contributed by atoms with Crippen molar-refractivity contribution in [3.63, 3.8) is 0 Å². The van der Waals surface area contributed by atoms with Crippen LogP contribution in [-0.4, -0.2) is 70.9 Å². The van der Waals surface area contributed by atoms with Crippen LogP contribution < -0.4 is 10.2 Å². The maximum Gasteiger partial charge on any atom is 0.490 e. The number of nitrogens with zero attached hydrogens (tertiary/aromatic N) is 3. The molecule has 8 nitrogen and oxygen atoms in total. The first-order chi connectivity index (χ1) is 16.2. The first-order valence-electron chi connectivity index (χ1n) is 10.1. The third-order valence-electron chi connectivity index (χ3n) is 5.16. The zero-order valence-electron chi connectivity index (χ0n) is 18.3. The van der Waals surface area contributed by atoms with E-state index in [2.05, 4.69) is 63.7 Å². The molecule has 35 heavy (non-hydrogen) atoms. The lowest BCUT2D eigenvalue weighted by Crippen LogP contribution is -2.26. The third kappa shape index (κ3) is 8.38. The van der Waals surface area contributed by atoms with Crippen LogP contribution in [0.4, 0.5) is 32.2 Å². The van der Waals surface area contributed by atoms with Gasteiger partial charge in [-0.25, -0.2) is 9.59 Å². The predicted molar refractivity (Wildman–Crippen MR) is 112 cm³/mol. The number of anilines is 1. The molecule has 1 aromatic carbocycles. The summed E-state index contributed by atoms with van der Waals surface area (Å²) in [5, 5.41) is 26.6. The molecule has 2 unspecified atom stereocenters. The van der Waals surface area contributed by atoms with E-state index < -0.39 is 24.3 Å². The second-order valence-electron chi connectivity index (χ2n) is 7.84. The molecule has 2 saturated heterocycles. The number of carboxylic acid groups (broad SMARTS) is 2. The number of nitrogens with one attached hydrogen (secondary N) is 1. The normalized spacial score (nSPS) is 19.1. The van der Waals surface area contributed by atoms with Gasteiger partial charge < -0.3 is 20.4 Å². The SMILES string of the molecule is Cc1cccc(-c2ccc(N3CC4CNCC4C3)nn2)c1.O=C(O)C(F)(F)F.O=C(O)C(F)(F)F. The molecule has 2 aromatic rings. The number of aryl methyl sites for hydroxylation is 1. The fourth-order valence-corrected chi connectivity index (χ4v) is 3.49. The van der Waals surface area contributed by atoms with E-state index in [1.807, 2.05) is 0 Å². The standard InChI is InChI=1S/C17H20N4.2C2HF3O2/c1-12-3-2-4-13(7-12)16-5-6-17(20-19-16)21-10-14-8-18-9-15(14)11-21;2*3-2(4,5)1(6)7/h2-7,14-15,18H,8-11H2,1H3;2*(H,6,7). The maximum atomic E-state index is 10.6. The second kappa shape index (κ2) is 11.3. The van der Waals surface area contributed by atoms with Crippen LogP contribution in [0.3, 0.4) is 0 Å². The van der Waals surface area contributed by atoms with Gasteiger partial charge in [-0.3, -0.25) is 0 Å². The first-order valence-corrected chi connectivity index (χ1v) is 10.1. The Labute approximate surface area is 195 Å². The van der Waals surface area contributed by atoms with Crippen molar-refractivity contribution in [3.05, 3.63) is 42.0 Å². The van der Waals surface area contributed by atoms with Gasteiger partial charge in [-0.2, -0.15) is 26.3 Å².